The van der Waals surface area contributed by atoms with Crippen molar-refractivity contribution < 1.29 is 4.79 Å². The molecule has 1 aromatic carbocycles. The van der Waals surface area contributed by atoms with Crippen LogP contribution in [0.15, 0.2) is 23.0 Å². The second-order valence-corrected chi connectivity index (χ2v) is 8.48. The van der Waals surface area contributed by atoms with E-state index in [9.17, 15) is 9.59 Å². The van der Waals surface area contributed by atoms with E-state index in [1.807, 2.05) is 32.0 Å². The first-order chi connectivity index (χ1) is 12.9. The van der Waals surface area contributed by atoms with E-state index in [0.29, 0.717) is 16.1 Å². The summed E-state index contributed by atoms with van der Waals surface area (Å²) in [7, 11) is 0. The molecular weight excluding hydrogens is 360 g/mol. The Kier molecular flexibility index (Phi) is 4.55. The first-order valence-corrected chi connectivity index (χ1v) is 9.99. The highest BCUT2D eigenvalue weighted by atomic mass is 32.1. The van der Waals surface area contributed by atoms with E-state index in [4.69, 9.17) is 0 Å². The van der Waals surface area contributed by atoms with Crippen molar-refractivity contribution in [1.29, 1.82) is 0 Å². The lowest BCUT2D eigenvalue weighted by Gasteiger charge is -2.17. The number of carbonyl (C=O) groups is 1. The number of fused-ring (bicyclic) bond motifs is 3. The zero-order chi connectivity index (χ0) is 19.1. The summed E-state index contributed by atoms with van der Waals surface area (Å²) >= 11 is 1.56. The van der Waals surface area contributed by atoms with E-state index in [1.165, 1.54) is 9.56 Å². The fraction of sp³-hybridized carbons (Fsp3) is 0.400. The molecule has 4 rings (SSSR count). The molecule has 27 heavy (non-hydrogen) atoms. The highest BCUT2D eigenvalue weighted by Crippen LogP contribution is 2.35. The Labute approximate surface area is 161 Å². The van der Waals surface area contributed by atoms with Gasteiger partial charge in [-0.05, 0) is 55.7 Å². The lowest BCUT2D eigenvalue weighted by atomic mass is 9.89. The molecule has 1 atom stereocenters. The quantitative estimate of drug-likeness (QED) is 0.754. The predicted molar refractivity (Wildman–Crippen MR) is 107 cm³/mol. The van der Waals surface area contributed by atoms with Crippen molar-refractivity contribution in [2.75, 3.05) is 5.32 Å². The van der Waals surface area contributed by atoms with Gasteiger partial charge < -0.3 is 5.32 Å². The number of benzene rings is 1. The Morgan fingerprint density at radius 2 is 2.07 bits per heavy atom. The van der Waals surface area contributed by atoms with Crippen LogP contribution >= 0.6 is 11.3 Å². The molecule has 0 spiro atoms. The molecule has 3 aromatic rings. The number of hydrogen-bond acceptors (Lipinski definition) is 5. The maximum Gasteiger partial charge on any atom is 0.279 e. The Hall–Kier alpha value is -2.54. The van der Waals surface area contributed by atoms with Gasteiger partial charge in [-0.3, -0.25) is 9.59 Å². The average Bonchev–Trinajstić information content (AvgIpc) is 2.99. The lowest BCUT2D eigenvalue weighted by molar-refractivity contribution is -0.117. The summed E-state index contributed by atoms with van der Waals surface area (Å²) in [6, 6.07) is 5.84. The second kappa shape index (κ2) is 6.88. The Morgan fingerprint density at radius 1 is 1.33 bits per heavy atom. The van der Waals surface area contributed by atoms with E-state index in [2.05, 4.69) is 22.6 Å². The van der Waals surface area contributed by atoms with Crippen molar-refractivity contribution in [2.24, 2.45) is 5.92 Å². The molecule has 0 saturated heterocycles. The van der Waals surface area contributed by atoms with Crippen LogP contribution < -0.4 is 10.9 Å². The standard InChI is InChI=1S/C20H22N4O2S/c1-11-7-8-14-15(9-11)27-19-17(14)20(26)24(23-22-19)10-16(25)21-18-12(2)5-4-6-13(18)3/h4-6,11H,7-10H2,1-3H3,(H,21,25). The number of hydrogen-bond donors (Lipinski definition) is 1. The van der Waals surface area contributed by atoms with Crippen LogP contribution in [0.2, 0.25) is 0 Å². The van der Waals surface area contributed by atoms with Crippen LogP contribution in [0, 0.1) is 19.8 Å². The highest BCUT2D eigenvalue weighted by molar-refractivity contribution is 7.18. The van der Waals surface area contributed by atoms with Crippen LogP contribution in [0.25, 0.3) is 10.2 Å². The van der Waals surface area contributed by atoms with Gasteiger partial charge in [-0.25, -0.2) is 4.68 Å². The van der Waals surface area contributed by atoms with E-state index < -0.39 is 0 Å². The smallest absolute Gasteiger partial charge is 0.279 e. The fourth-order valence-electron chi connectivity index (χ4n) is 3.72. The number of nitrogens with zero attached hydrogens (tertiary/aromatic N) is 3. The molecule has 0 fully saturated rings. The summed E-state index contributed by atoms with van der Waals surface area (Å²) in [4.78, 5) is 27.4. The maximum atomic E-state index is 13.0. The minimum atomic E-state index is -0.277. The van der Waals surface area contributed by atoms with Gasteiger partial charge in [0.2, 0.25) is 5.91 Å². The van der Waals surface area contributed by atoms with Crippen molar-refractivity contribution in [2.45, 2.75) is 46.6 Å². The van der Waals surface area contributed by atoms with E-state index in [1.54, 1.807) is 11.3 Å². The number of carbonyl (C=O) groups excluding carboxylic acids is 1. The van der Waals surface area contributed by atoms with Crippen LogP contribution in [-0.2, 0) is 24.2 Å². The summed E-state index contributed by atoms with van der Waals surface area (Å²) in [6.07, 6.45) is 2.96. The number of nitrogens with one attached hydrogen (secondary N) is 1. The van der Waals surface area contributed by atoms with E-state index >= 15 is 0 Å². The summed E-state index contributed by atoms with van der Waals surface area (Å²) in [5.41, 5.74) is 3.64. The lowest BCUT2D eigenvalue weighted by Crippen LogP contribution is -2.31. The van der Waals surface area contributed by atoms with E-state index in [0.717, 1.165) is 41.6 Å². The molecule has 0 aliphatic heterocycles. The van der Waals surface area contributed by atoms with Crippen molar-refractivity contribution >= 4 is 33.1 Å². The molecule has 0 saturated carbocycles. The Morgan fingerprint density at radius 3 is 2.81 bits per heavy atom. The molecule has 1 aliphatic carbocycles. The average molecular weight is 382 g/mol. The summed E-state index contributed by atoms with van der Waals surface area (Å²) in [5.74, 6) is 0.352. The molecular formula is C20H22N4O2S. The minimum absolute atomic E-state index is 0.142. The molecule has 7 heteroatoms. The van der Waals surface area contributed by atoms with Crippen LogP contribution in [0.1, 0.15) is 34.9 Å². The molecule has 1 amide bonds. The number of rotatable bonds is 3. The van der Waals surface area contributed by atoms with Gasteiger partial charge in [0.25, 0.3) is 5.56 Å². The molecule has 1 unspecified atom stereocenters. The molecule has 6 nitrogen and oxygen atoms in total. The monoisotopic (exact) mass is 382 g/mol. The highest BCUT2D eigenvalue weighted by Gasteiger charge is 2.24. The predicted octanol–water partition coefficient (Wildman–Crippen LogP) is 3.23. The third-order valence-corrected chi connectivity index (χ3v) is 6.36. The second-order valence-electron chi connectivity index (χ2n) is 7.40. The third kappa shape index (κ3) is 3.27. The number of aryl methyl sites for hydroxylation is 3. The zero-order valence-corrected chi connectivity index (χ0v) is 16.5. The van der Waals surface area contributed by atoms with Crippen LogP contribution in [0.5, 0.6) is 0 Å². The number of para-hydroxylation sites is 1. The normalized spacial score (nSPS) is 16.3. The van der Waals surface area contributed by atoms with Crippen molar-refractivity contribution in [3.8, 4) is 0 Å². The Balaban J connectivity index is 1.64. The maximum absolute atomic E-state index is 13.0. The van der Waals surface area contributed by atoms with Gasteiger partial charge in [0.05, 0.1) is 5.39 Å². The molecule has 0 bridgehead atoms. The van der Waals surface area contributed by atoms with Crippen molar-refractivity contribution in [3.63, 3.8) is 0 Å². The van der Waals surface area contributed by atoms with Gasteiger partial charge in [-0.1, -0.05) is 30.3 Å². The fourth-order valence-corrected chi connectivity index (χ4v) is 5.04. The number of aromatic nitrogens is 3. The van der Waals surface area contributed by atoms with Crippen molar-refractivity contribution in [3.05, 3.63) is 50.1 Å². The molecule has 140 valence electrons. The van der Waals surface area contributed by atoms with Gasteiger partial charge in [0.1, 0.15) is 6.54 Å². The SMILES string of the molecule is Cc1cccc(C)c1NC(=O)Cn1nnc2sc3c(c2c1=O)CCC(C)C3. The van der Waals surface area contributed by atoms with Gasteiger partial charge in [0.15, 0.2) is 4.83 Å². The molecule has 2 aromatic heterocycles. The van der Waals surface area contributed by atoms with Gasteiger partial charge in [0, 0.05) is 10.6 Å². The Bertz CT molecular complexity index is 1080. The van der Waals surface area contributed by atoms with Gasteiger partial charge in [-0.2, -0.15) is 0 Å². The number of thiophene rings is 1. The topological polar surface area (TPSA) is 76.9 Å². The molecule has 1 N–H and O–H groups in total. The molecule has 0 radical (unpaired) electrons. The van der Waals surface area contributed by atoms with Crippen LogP contribution in [0.3, 0.4) is 0 Å². The molecule has 1 aliphatic rings. The summed E-state index contributed by atoms with van der Waals surface area (Å²) < 4.78 is 1.18. The summed E-state index contributed by atoms with van der Waals surface area (Å²) in [6.45, 7) is 5.98. The number of anilines is 1. The third-order valence-electron chi connectivity index (χ3n) is 5.22. The molecule has 2 heterocycles. The zero-order valence-electron chi connectivity index (χ0n) is 15.7. The first-order valence-electron chi connectivity index (χ1n) is 9.18. The minimum Gasteiger partial charge on any atom is -0.324 e. The van der Waals surface area contributed by atoms with Crippen LogP contribution in [0.4, 0.5) is 5.69 Å². The van der Waals surface area contributed by atoms with E-state index in [-0.39, 0.29) is 18.0 Å². The summed E-state index contributed by atoms with van der Waals surface area (Å²) in [5, 5.41) is 11.8. The number of amides is 1. The van der Waals surface area contributed by atoms with Crippen molar-refractivity contribution in [1.82, 2.24) is 15.0 Å². The van der Waals surface area contributed by atoms with Gasteiger partial charge >= 0.3 is 0 Å². The largest absolute Gasteiger partial charge is 0.324 e. The first kappa shape index (κ1) is 17.9. The van der Waals surface area contributed by atoms with Crippen LogP contribution in [-0.4, -0.2) is 20.9 Å². The van der Waals surface area contributed by atoms with Gasteiger partial charge in [-0.15, -0.1) is 16.4 Å².